The van der Waals surface area contributed by atoms with Crippen molar-refractivity contribution in [3.63, 3.8) is 0 Å². The Hall–Kier alpha value is -2.01. The molecule has 3 aromatic rings. The van der Waals surface area contributed by atoms with E-state index in [0.717, 1.165) is 21.2 Å². The summed E-state index contributed by atoms with van der Waals surface area (Å²) in [7, 11) is 1.91. The molecule has 0 radical (unpaired) electrons. The SMILES string of the molecule is Cn1cc(-c2cccc(-c3ncc(Br)cn3)c2)cn1. The van der Waals surface area contributed by atoms with Crippen LogP contribution in [0, 0.1) is 0 Å². The molecular weight excluding hydrogens is 304 g/mol. The molecule has 2 heterocycles. The fourth-order valence-corrected chi connectivity index (χ4v) is 2.07. The Bertz CT molecular complexity index is 703. The average Bonchev–Trinajstić information content (AvgIpc) is 2.86. The summed E-state index contributed by atoms with van der Waals surface area (Å²) in [5.74, 6) is 0.717. The Balaban J connectivity index is 2.02. The number of hydrogen-bond acceptors (Lipinski definition) is 3. The van der Waals surface area contributed by atoms with Crippen molar-refractivity contribution in [2.24, 2.45) is 7.05 Å². The molecule has 1 aromatic carbocycles. The van der Waals surface area contributed by atoms with Crippen LogP contribution in [0.3, 0.4) is 0 Å². The molecule has 0 aliphatic heterocycles. The van der Waals surface area contributed by atoms with Gasteiger partial charge >= 0.3 is 0 Å². The third-order valence-corrected chi connectivity index (χ3v) is 3.19. The van der Waals surface area contributed by atoms with E-state index in [0.29, 0.717) is 5.82 Å². The molecule has 0 aliphatic carbocycles. The van der Waals surface area contributed by atoms with Crippen molar-refractivity contribution in [2.45, 2.75) is 0 Å². The fourth-order valence-electron chi connectivity index (χ4n) is 1.87. The molecular formula is C14H11BrN4. The highest BCUT2D eigenvalue weighted by Crippen LogP contribution is 2.24. The highest BCUT2D eigenvalue weighted by Gasteiger charge is 2.05. The van der Waals surface area contributed by atoms with Crippen molar-refractivity contribution in [2.75, 3.05) is 0 Å². The average molecular weight is 315 g/mol. The van der Waals surface area contributed by atoms with Crippen LogP contribution in [0.15, 0.2) is 53.5 Å². The summed E-state index contributed by atoms with van der Waals surface area (Å²) < 4.78 is 2.66. The van der Waals surface area contributed by atoms with Crippen LogP contribution < -0.4 is 0 Å². The lowest BCUT2D eigenvalue weighted by molar-refractivity contribution is 0.768. The maximum Gasteiger partial charge on any atom is 0.159 e. The van der Waals surface area contributed by atoms with Gasteiger partial charge in [0.25, 0.3) is 0 Å². The summed E-state index contributed by atoms with van der Waals surface area (Å²) in [6, 6.07) is 8.13. The molecule has 0 fully saturated rings. The van der Waals surface area contributed by atoms with E-state index in [9.17, 15) is 0 Å². The molecule has 0 N–H and O–H groups in total. The Kier molecular flexibility index (Phi) is 3.13. The first-order valence-corrected chi connectivity index (χ1v) is 6.59. The normalized spacial score (nSPS) is 10.6. The van der Waals surface area contributed by atoms with E-state index in [1.807, 2.05) is 31.6 Å². The predicted octanol–water partition coefficient (Wildman–Crippen LogP) is 3.31. The van der Waals surface area contributed by atoms with E-state index >= 15 is 0 Å². The number of rotatable bonds is 2. The quantitative estimate of drug-likeness (QED) is 0.729. The first-order chi connectivity index (χ1) is 9.22. The Labute approximate surface area is 119 Å². The summed E-state index contributed by atoms with van der Waals surface area (Å²) >= 11 is 3.34. The number of halogens is 1. The van der Waals surface area contributed by atoms with Gasteiger partial charge < -0.3 is 0 Å². The smallest absolute Gasteiger partial charge is 0.159 e. The third kappa shape index (κ3) is 2.56. The predicted molar refractivity (Wildman–Crippen MR) is 77.4 cm³/mol. The van der Waals surface area contributed by atoms with Crippen molar-refractivity contribution in [1.29, 1.82) is 0 Å². The van der Waals surface area contributed by atoms with Crippen LogP contribution in [-0.2, 0) is 7.05 Å². The molecule has 0 amide bonds. The zero-order chi connectivity index (χ0) is 13.2. The number of aryl methyl sites for hydroxylation is 1. The lowest BCUT2D eigenvalue weighted by atomic mass is 10.1. The monoisotopic (exact) mass is 314 g/mol. The van der Waals surface area contributed by atoms with E-state index < -0.39 is 0 Å². The standard InChI is InChI=1S/C14H11BrN4/c1-19-9-12(6-18-19)10-3-2-4-11(5-10)14-16-7-13(15)8-17-14/h2-9H,1H3. The minimum atomic E-state index is 0.717. The second-order valence-corrected chi connectivity index (χ2v) is 5.12. The van der Waals surface area contributed by atoms with Gasteiger partial charge in [0, 0.05) is 36.8 Å². The van der Waals surface area contributed by atoms with Gasteiger partial charge in [0.05, 0.1) is 10.7 Å². The van der Waals surface area contributed by atoms with Gasteiger partial charge in [-0.1, -0.05) is 18.2 Å². The summed E-state index contributed by atoms with van der Waals surface area (Å²) in [5, 5.41) is 4.19. The van der Waals surface area contributed by atoms with Gasteiger partial charge in [0.15, 0.2) is 5.82 Å². The second kappa shape index (κ2) is 4.93. The minimum Gasteiger partial charge on any atom is -0.275 e. The van der Waals surface area contributed by atoms with Crippen molar-refractivity contribution in [3.05, 3.63) is 53.5 Å². The Morgan fingerprint density at radius 1 is 1.00 bits per heavy atom. The van der Waals surface area contributed by atoms with E-state index in [4.69, 9.17) is 0 Å². The van der Waals surface area contributed by atoms with E-state index in [1.54, 1.807) is 17.1 Å². The first-order valence-electron chi connectivity index (χ1n) is 5.79. The zero-order valence-electron chi connectivity index (χ0n) is 10.3. The number of hydrogen-bond donors (Lipinski definition) is 0. The van der Waals surface area contributed by atoms with E-state index in [-0.39, 0.29) is 0 Å². The molecule has 0 bridgehead atoms. The fraction of sp³-hybridized carbons (Fsp3) is 0.0714. The molecule has 0 saturated carbocycles. The van der Waals surface area contributed by atoms with Crippen molar-refractivity contribution in [1.82, 2.24) is 19.7 Å². The van der Waals surface area contributed by atoms with Gasteiger partial charge in [-0.2, -0.15) is 5.10 Å². The first kappa shape index (κ1) is 12.0. The Morgan fingerprint density at radius 2 is 1.74 bits per heavy atom. The van der Waals surface area contributed by atoms with Crippen LogP contribution >= 0.6 is 15.9 Å². The Morgan fingerprint density at radius 3 is 2.42 bits per heavy atom. The molecule has 0 spiro atoms. The van der Waals surface area contributed by atoms with Crippen LogP contribution in [0.4, 0.5) is 0 Å². The molecule has 5 heteroatoms. The summed E-state index contributed by atoms with van der Waals surface area (Å²) in [6.07, 6.45) is 7.33. The van der Waals surface area contributed by atoms with Gasteiger partial charge in [0.2, 0.25) is 0 Å². The van der Waals surface area contributed by atoms with Gasteiger partial charge in [0.1, 0.15) is 0 Å². The largest absolute Gasteiger partial charge is 0.275 e. The summed E-state index contributed by atoms with van der Waals surface area (Å²) in [4.78, 5) is 8.62. The molecule has 0 saturated heterocycles. The lowest BCUT2D eigenvalue weighted by Gasteiger charge is -2.02. The molecule has 94 valence electrons. The van der Waals surface area contributed by atoms with Crippen LogP contribution in [0.1, 0.15) is 0 Å². The molecule has 19 heavy (non-hydrogen) atoms. The maximum absolute atomic E-state index is 4.31. The highest BCUT2D eigenvalue weighted by atomic mass is 79.9. The maximum atomic E-state index is 4.31. The van der Waals surface area contributed by atoms with Crippen molar-refractivity contribution >= 4 is 15.9 Å². The van der Waals surface area contributed by atoms with Gasteiger partial charge in [-0.25, -0.2) is 9.97 Å². The summed E-state index contributed by atoms with van der Waals surface area (Å²) in [5.41, 5.74) is 3.19. The molecule has 3 rings (SSSR count). The van der Waals surface area contributed by atoms with E-state index in [1.165, 1.54) is 0 Å². The van der Waals surface area contributed by atoms with Crippen molar-refractivity contribution in [3.8, 4) is 22.5 Å². The third-order valence-electron chi connectivity index (χ3n) is 2.78. The summed E-state index contributed by atoms with van der Waals surface area (Å²) in [6.45, 7) is 0. The number of nitrogens with zero attached hydrogens (tertiary/aromatic N) is 4. The van der Waals surface area contributed by atoms with Gasteiger partial charge in [-0.3, -0.25) is 4.68 Å². The van der Waals surface area contributed by atoms with Crippen molar-refractivity contribution < 1.29 is 0 Å². The van der Waals surface area contributed by atoms with Crippen LogP contribution in [0.5, 0.6) is 0 Å². The minimum absolute atomic E-state index is 0.717. The van der Waals surface area contributed by atoms with Crippen LogP contribution in [-0.4, -0.2) is 19.7 Å². The van der Waals surface area contributed by atoms with Crippen LogP contribution in [0.25, 0.3) is 22.5 Å². The second-order valence-electron chi connectivity index (χ2n) is 4.21. The lowest BCUT2D eigenvalue weighted by Crippen LogP contribution is -1.88. The van der Waals surface area contributed by atoms with Gasteiger partial charge in [-0.05, 0) is 27.6 Å². The van der Waals surface area contributed by atoms with E-state index in [2.05, 4.69) is 43.1 Å². The molecule has 4 nitrogen and oxygen atoms in total. The van der Waals surface area contributed by atoms with Crippen LogP contribution in [0.2, 0.25) is 0 Å². The number of aromatic nitrogens is 4. The topological polar surface area (TPSA) is 43.6 Å². The van der Waals surface area contributed by atoms with Gasteiger partial charge in [-0.15, -0.1) is 0 Å². The molecule has 0 aliphatic rings. The molecule has 2 aromatic heterocycles. The molecule has 0 atom stereocenters. The highest BCUT2D eigenvalue weighted by molar-refractivity contribution is 9.10. The molecule has 0 unspecified atom stereocenters. The number of benzene rings is 1. The zero-order valence-corrected chi connectivity index (χ0v) is 11.9.